The highest BCUT2D eigenvalue weighted by Gasteiger charge is 2.13. The molecule has 2 aromatic rings. The molecule has 122 valence electrons. The van der Waals surface area contributed by atoms with Crippen LogP contribution in [-0.2, 0) is 11.2 Å². The molecule has 0 aliphatic carbocycles. The fourth-order valence-electron chi connectivity index (χ4n) is 2.29. The number of halogens is 1. The van der Waals surface area contributed by atoms with Crippen LogP contribution in [-0.4, -0.2) is 27.2 Å². The molecule has 0 saturated heterocycles. The first-order valence-electron chi connectivity index (χ1n) is 7.28. The van der Waals surface area contributed by atoms with Crippen LogP contribution in [0.4, 0.5) is 5.69 Å². The van der Waals surface area contributed by atoms with Crippen molar-refractivity contribution in [1.29, 1.82) is 0 Å². The summed E-state index contributed by atoms with van der Waals surface area (Å²) in [6.07, 6.45) is 1.06. The van der Waals surface area contributed by atoms with E-state index in [1.165, 1.54) is 0 Å². The van der Waals surface area contributed by atoms with Gasteiger partial charge in [0.15, 0.2) is 11.5 Å². The predicted octanol–water partition coefficient (Wildman–Crippen LogP) is 3.95. The second-order valence-electron chi connectivity index (χ2n) is 5.12. The molecular formula is C18H20ClNO3. The number of amides is 1. The Balaban J connectivity index is 2.04. The summed E-state index contributed by atoms with van der Waals surface area (Å²) in [5.41, 5.74) is 1.81. The van der Waals surface area contributed by atoms with Gasteiger partial charge in [0.25, 0.3) is 0 Å². The van der Waals surface area contributed by atoms with Crippen molar-refractivity contribution in [3.63, 3.8) is 0 Å². The zero-order valence-corrected chi connectivity index (χ0v) is 14.3. The molecule has 5 heteroatoms. The lowest BCUT2D eigenvalue weighted by molar-refractivity contribution is -0.118. The molecule has 0 atom stereocenters. The average molecular weight is 334 g/mol. The van der Waals surface area contributed by atoms with Crippen molar-refractivity contribution in [2.45, 2.75) is 12.8 Å². The molecule has 0 saturated carbocycles. The molecule has 0 unspecified atom stereocenters. The molecule has 0 spiro atoms. The largest absolute Gasteiger partial charge is 0.493 e. The van der Waals surface area contributed by atoms with Crippen LogP contribution in [0.15, 0.2) is 42.5 Å². The molecule has 0 bridgehead atoms. The molecule has 0 aliphatic heterocycles. The molecule has 2 rings (SSSR count). The Morgan fingerprint density at radius 1 is 1.09 bits per heavy atom. The van der Waals surface area contributed by atoms with Crippen molar-refractivity contribution in [2.75, 3.05) is 26.2 Å². The molecule has 0 radical (unpaired) electrons. The third kappa shape index (κ3) is 4.39. The van der Waals surface area contributed by atoms with Crippen LogP contribution in [0.5, 0.6) is 11.5 Å². The van der Waals surface area contributed by atoms with Gasteiger partial charge >= 0.3 is 0 Å². The van der Waals surface area contributed by atoms with Crippen molar-refractivity contribution in [3.8, 4) is 11.5 Å². The van der Waals surface area contributed by atoms with Crippen LogP contribution in [0.1, 0.15) is 12.0 Å². The molecule has 4 nitrogen and oxygen atoms in total. The highest BCUT2D eigenvalue weighted by Crippen LogP contribution is 2.31. The number of hydrogen-bond acceptors (Lipinski definition) is 3. The molecule has 0 N–H and O–H groups in total. The Bertz CT molecular complexity index is 688. The Kier molecular flexibility index (Phi) is 5.88. The quantitative estimate of drug-likeness (QED) is 0.803. The fourth-order valence-corrected chi connectivity index (χ4v) is 2.50. The van der Waals surface area contributed by atoms with Gasteiger partial charge in [-0.15, -0.1) is 0 Å². The maximum absolute atomic E-state index is 12.4. The van der Waals surface area contributed by atoms with Gasteiger partial charge in [0.2, 0.25) is 5.91 Å². The minimum Gasteiger partial charge on any atom is -0.493 e. The van der Waals surface area contributed by atoms with Gasteiger partial charge in [0.05, 0.1) is 14.2 Å². The molecule has 23 heavy (non-hydrogen) atoms. The first-order chi connectivity index (χ1) is 11.0. The summed E-state index contributed by atoms with van der Waals surface area (Å²) >= 11 is 5.96. The molecule has 0 fully saturated rings. The highest BCUT2D eigenvalue weighted by molar-refractivity contribution is 6.30. The zero-order valence-electron chi connectivity index (χ0n) is 13.5. The highest BCUT2D eigenvalue weighted by atomic mass is 35.5. The van der Waals surface area contributed by atoms with Crippen molar-refractivity contribution in [3.05, 3.63) is 53.1 Å². The maximum Gasteiger partial charge on any atom is 0.227 e. The monoisotopic (exact) mass is 333 g/mol. The Hall–Kier alpha value is -2.20. The number of nitrogens with zero attached hydrogens (tertiary/aromatic N) is 1. The van der Waals surface area contributed by atoms with E-state index in [0.717, 1.165) is 11.3 Å². The number of hydrogen-bond donors (Lipinski definition) is 0. The summed E-state index contributed by atoms with van der Waals surface area (Å²) in [6.45, 7) is 0. The van der Waals surface area contributed by atoms with E-state index in [1.54, 1.807) is 38.3 Å². The summed E-state index contributed by atoms with van der Waals surface area (Å²) < 4.78 is 10.5. The van der Waals surface area contributed by atoms with Gasteiger partial charge in [-0.1, -0.05) is 23.7 Å². The zero-order chi connectivity index (χ0) is 16.8. The lowest BCUT2D eigenvalue weighted by Gasteiger charge is -2.19. The molecule has 0 aromatic heterocycles. The summed E-state index contributed by atoms with van der Waals surface area (Å²) in [4.78, 5) is 14.0. The van der Waals surface area contributed by atoms with Gasteiger partial charge in [0, 0.05) is 30.2 Å². The average Bonchev–Trinajstić information content (AvgIpc) is 2.58. The number of benzene rings is 2. The van der Waals surface area contributed by atoms with E-state index in [0.29, 0.717) is 29.4 Å². The first kappa shape index (κ1) is 17.2. The lowest BCUT2D eigenvalue weighted by atomic mass is 10.1. The van der Waals surface area contributed by atoms with Crippen molar-refractivity contribution >= 4 is 23.2 Å². The summed E-state index contributed by atoms with van der Waals surface area (Å²) in [5.74, 6) is 1.26. The van der Waals surface area contributed by atoms with Crippen LogP contribution in [0, 0.1) is 0 Å². The normalized spacial score (nSPS) is 10.3. The third-order valence-electron chi connectivity index (χ3n) is 3.65. The fraction of sp³-hybridized carbons (Fsp3) is 0.278. The minimum atomic E-state index is 0.0252. The number of rotatable bonds is 6. The Morgan fingerprint density at radius 3 is 2.48 bits per heavy atom. The number of carbonyl (C=O) groups is 1. The van der Waals surface area contributed by atoms with Crippen LogP contribution in [0.3, 0.4) is 0 Å². The summed E-state index contributed by atoms with van der Waals surface area (Å²) in [5, 5.41) is 0.684. The van der Waals surface area contributed by atoms with Gasteiger partial charge in [-0.2, -0.15) is 0 Å². The SMILES string of the molecule is COc1ccc(N(C)C(=O)CCc2cccc(Cl)c2)cc1OC. The van der Waals surface area contributed by atoms with E-state index in [1.807, 2.05) is 30.3 Å². The van der Waals surface area contributed by atoms with Crippen LogP contribution in [0.2, 0.25) is 5.02 Å². The molecule has 0 heterocycles. The topological polar surface area (TPSA) is 38.8 Å². The smallest absolute Gasteiger partial charge is 0.227 e. The number of ether oxygens (including phenoxy) is 2. The predicted molar refractivity (Wildman–Crippen MR) is 92.7 cm³/mol. The van der Waals surface area contributed by atoms with E-state index in [9.17, 15) is 4.79 Å². The first-order valence-corrected chi connectivity index (χ1v) is 7.66. The van der Waals surface area contributed by atoms with E-state index in [2.05, 4.69) is 0 Å². The standard InChI is InChI=1S/C18H20ClNO3/c1-20(15-8-9-16(22-2)17(12-15)23-3)18(21)10-7-13-5-4-6-14(19)11-13/h4-6,8-9,11-12H,7,10H2,1-3H3. The number of carbonyl (C=O) groups excluding carboxylic acids is 1. The van der Waals surface area contributed by atoms with Gasteiger partial charge in [0.1, 0.15) is 0 Å². The number of methoxy groups -OCH3 is 2. The molecule has 2 aromatic carbocycles. The minimum absolute atomic E-state index is 0.0252. The molecule has 1 amide bonds. The second kappa shape index (κ2) is 7.88. The Labute approximate surface area is 141 Å². The summed E-state index contributed by atoms with van der Waals surface area (Å²) in [7, 11) is 4.90. The van der Waals surface area contributed by atoms with Gasteiger partial charge in [-0.05, 0) is 36.2 Å². The third-order valence-corrected chi connectivity index (χ3v) is 3.88. The number of anilines is 1. The Morgan fingerprint density at radius 2 is 1.83 bits per heavy atom. The van der Waals surface area contributed by atoms with E-state index < -0.39 is 0 Å². The molecular weight excluding hydrogens is 314 g/mol. The van der Waals surface area contributed by atoms with E-state index in [-0.39, 0.29) is 5.91 Å². The van der Waals surface area contributed by atoms with Gasteiger partial charge < -0.3 is 14.4 Å². The lowest BCUT2D eigenvalue weighted by Crippen LogP contribution is -2.26. The van der Waals surface area contributed by atoms with Crippen molar-refractivity contribution < 1.29 is 14.3 Å². The summed E-state index contributed by atoms with van der Waals surface area (Å²) in [6, 6.07) is 13.0. The van der Waals surface area contributed by atoms with Crippen molar-refractivity contribution in [1.82, 2.24) is 0 Å². The molecule has 0 aliphatic rings. The maximum atomic E-state index is 12.4. The van der Waals surface area contributed by atoms with Crippen molar-refractivity contribution in [2.24, 2.45) is 0 Å². The van der Waals surface area contributed by atoms with Gasteiger partial charge in [-0.25, -0.2) is 0 Å². The van der Waals surface area contributed by atoms with Crippen LogP contribution >= 0.6 is 11.6 Å². The second-order valence-corrected chi connectivity index (χ2v) is 5.56. The van der Waals surface area contributed by atoms with Crippen LogP contribution < -0.4 is 14.4 Å². The van der Waals surface area contributed by atoms with Crippen LogP contribution in [0.25, 0.3) is 0 Å². The van der Waals surface area contributed by atoms with E-state index in [4.69, 9.17) is 21.1 Å². The van der Waals surface area contributed by atoms with Gasteiger partial charge in [-0.3, -0.25) is 4.79 Å². The number of aryl methyl sites for hydroxylation is 1. The van der Waals surface area contributed by atoms with E-state index >= 15 is 0 Å².